The second-order valence-electron chi connectivity index (χ2n) is 6.55. The number of halogens is 2. The van der Waals surface area contributed by atoms with Gasteiger partial charge in [0, 0.05) is 10.6 Å². The summed E-state index contributed by atoms with van der Waals surface area (Å²) in [5, 5.41) is 2.43. The van der Waals surface area contributed by atoms with Crippen molar-refractivity contribution in [3.05, 3.63) is 77.0 Å². The van der Waals surface area contributed by atoms with Gasteiger partial charge in [-0.2, -0.15) is 0 Å². The van der Waals surface area contributed by atoms with Crippen molar-refractivity contribution in [2.75, 3.05) is 14.2 Å². The fourth-order valence-corrected chi connectivity index (χ4v) is 3.20. The molecule has 0 saturated heterocycles. The summed E-state index contributed by atoms with van der Waals surface area (Å²) in [4.78, 5) is 3.41. The molecule has 0 unspecified atom stereocenters. The molecule has 0 spiro atoms. The summed E-state index contributed by atoms with van der Waals surface area (Å²) in [5.41, 5.74) is 1.59. The number of fused-ring (bicyclic) bond motifs is 1. The normalized spacial score (nSPS) is 11.8. The zero-order valence-corrected chi connectivity index (χ0v) is 19.0. The van der Waals surface area contributed by atoms with Crippen LogP contribution in [0.1, 0.15) is 5.76 Å². The Labute approximate surface area is 195 Å². The first-order valence-electron chi connectivity index (χ1n) is 9.34. The van der Waals surface area contributed by atoms with Crippen molar-refractivity contribution in [3.63, 3.8) is 0 Å². The third kappa shape index (κ3) is 6.96. The van der Waals surface area contributed by atoms with Gasteiger partial charge in [-0.05, 0) is 48.5 Å². The summed E-state index contributed by atoms with van der Waals surface area (Å²) in [6.45, 7) is 0.546. The van der Waals surface area contributed by atoms with Crippen molar-refractivity contribution >= 4 is 22.6 Å². The monoisotopic (exact) mass is 495 g/mol. The molecule has 4 rings (SSSR count). The first-order chi connectivity index (χ1) is 15.7. The van der Waals surface area contributed by atoms with Crippen LogP contribution in [0.2, 0.25) is 5.02 Å². The van der Waals surface area contributed by atoms with E-state index in [1.807, 2.05) is 54.6 Å². The van der Waals surface area contributed by atoms with Gasteiger partial charge in [-0.25, -0.2) is 23.6 Å². The molecule has 2 heterocycles. The number of nitrogens with one attached hydrogen (secondary N) is 1. The Balaban J connectivity index is 0.000000555. The van der Waals surface area contributed by atoms with E-state index in [4.69, 9.17) is 48.5 Å². The first kappa shape index (κ1) is 24.6. The van der Waals surface area contributed by atoms with E-state index in [2.05, 4.69) is 4.99 Å². The van der Waals surface area contributed by atoms with Gasteiger partial charge in [-0.1, -0.05) is 11.6 Å². The average Bonchev–Trinajstić information content (AvgIpc) is 3.29. The number of hydrogen-bond acceptors (Lipinski definition) is 8. The summed E-state index contributed by atoms with van der Waals surface area (Å²) < 4.78 is 56.3. The highest BCUT2D eigenvalue weighted by molar-refractivity contribution is 6.31. The predicted octanol–water partition coefficient (Wildman–Crippen LogP) is -1.21. The van der Waals surface area contributed by atoms with E-state index < -0.39 is 10.2 Å². The highest BCUT2D eigenvalue weighted by Gasteiger charge is 2.13. The quantitative estimate of drug-likeness (QED) is 0.362. The summed E-state index contributed by atoms with van der Waals surface area (Å²) in [7, 11) is -1.73. The number of rotatable bonds is 5. The van der Waals surface area contributed by atoms with E-state index in [1.165, 1.54) is 0 Å². The smallest absolute Gasteiger partial charge is 0.213 e. The van der Waals surface area contributed by atoms with Crippen LogP contribution in [0.15, 0.2) is 69.7 Å². The van der Waals surface area contributed by atoms with Gasteiger partial charge in [-0.15, -0.1) is 10.2 Å². The van der Waals surface area contributed by atoms with Crippen LogP contribution in [0.5, 0.6) is 11.5 Å². The molecule has 0 radical (unpaired) electrons. The molecule has 2 aromatic carbocycles. The molecule has 0 aliphatic rings. The van der Waals surface area contributed by atoms with E-state index in [9.17, 15) is 0 Å². The summed E-state index contributed by atoms with van der Waals surface area (Å²) in [5.74, 6) is 2.83. The van der Waals surface area contributed by atoms with Crippen molar-refractivity contribution in [2.45, 2.75) is 6.54 Å². The molecular weight excluding hydrogens is 477 g/mol. The molecule has 174 valence electrons. The lowest BCUT2D eigenvalue weighted by Gasteiger charge is -2.17. The second-order valence-corrected chi connectivity index (χ2v) is 7.74. The molecule has 33 heavy (non-hydrogen) atoms. The van der Waals surface area contributed by atoms with Gasteiger partial charge >= 0.3 is 0 Å². The highest BCUT2D eigenvalue weighted by Crippen LogP contribution is 2.32. The highest BCUT2D eigenvalue weighted by atomic mass is 35.7. The van der Waals surface area contributed by atoms with E-state index in [0.29, 0.717) is 28.8 Å². The van der Waals surface area contributed by atoms with Crippen LogP contribution in [0.3, 0.4) is 0 Å². The standard InChI is InChI=1S/C22H18ClNO4.ClHO4/c1-25-20-7-5-14(10-22(20)26-2)21-12-18(24-13-16-4-3-9-27-16)17-11-15(23)6-8-19(17)28-21;2-1(3,4)5/h3-12H,13H2,1-2H3;(H,2,3,4,5). The van der Waals surface area contributed by atoms with Crippen molar-refractivity contribution < 1.29 is 52.2 Å². The van der Waals surface area contributed by atoms with Gasteiger partial charge in [0.1, 0.15) is 11.3 Å². The minimum Gasteiger partial charge on any atom is -0.493 e. The van der Waals surface area contributed by atoms with Gasteiger partial charge < -0.3 is 18.3 Å². The molecule has 0 saturated carbocycles. The number of ether oxygens (including phenoxy) is 2. The first-order valence-corrected chi connectivity index (χ1v) is 11.0. The Hall–Kier alpha value is -3.05. The fourth-order valence-electron chi connectivity index (χ4n) is 3.03. The van der Waals surface area contributed by atoms with Gasteiger partial charge in [-0.3, -0.25) is 0 Å². The minimum atomic E-state index is -4.94. The molecule has 0 aliphatic carbocycles. The van der Waals surface area contributed by atoms with Crippen LogP contribution < -0.4 is 38.5 Å². The van der Waals surface area contributed by atoms with E-state index in [0.717, 1.165) is 27.7 Å². The minimum absolute atomic E-state index is 0.546. The van der Waals surface area contributed by atoms with Gasteiger partial charge in [0.15, 0.2) is 23.8 Å². The molecule has 11 heteroatoms. The largest absolute Gasteiger partial charge is 0.493 e. The van der Waals surface area contributed by atoms with Crippen LogP contribution >= 0.6 is 11.6 Å². The average molecular weight is 496 g/mol. The van der Waals surface area contributed by atoms with E-state index in [1.54, 1.807) is 20.5 Å². The lowest BCUT2D eigenvalue weighted by molar-refractivity contribution is -2.00. The predicted molar refractivity (Wildman–Crippen MR) is 106 cm³/mol. The maximum absolute atomic E-state index is 8.49. The Kier molecular flexibility index (Phi) is 7.98. The van der Waals surface area contributed by atoms with Gasteiger partial charge in [0.25, 0.3) is 0 Å². The molecule has 0 fully saturated rings. The lowest BCUT2D eigenvalue weighted by atomic mass is 10.1. The molecule has 0 atom stereocenters. The number of methoxy groups -OCH3 is 2. The molecule has 2 aromatic heterocycles. The zero-order chi connectivity index (χ0) is 24.0. The van der Waals surface area contributed by atoms with Crippen LogP contribution in [-0.4, -0.2) is 14.2 Å². The Morgan fingerprint density at radius 3 is 2.30 bits per heavy atom. The molecule has 1 N–H and O–H groups in total. The Bertz CT molecular complexity index is 1270. The van der Waals surface area contributed by atoms with E-state index >= 15 is 0 Å². The Morgan fingerprint density at radius 1 is 0.939 bits per heavy atom. The van der Waals surface area contributed by atoms with Crippen LogP contribution in [0.25, 0.3) is 22.3 Å². The third-order valence-electron chi connectivity index (χ3n) is 4.43. The Morgan fingerprint density at radius 2 is 1.67 bits per heavy atom. The van der Waals surface area contributed by atoms with Gasteiger partial charge in [0.2, 0.25) is 5.36 Å². The molecule has 9 nitrogen and oxygen atoms in total. The number of hydrogen-bond donors (Lipinski definition) is 1. The SMILES string of the molecule is COc1ccc(-c2cc(=[NH+]Cc3ccco3)c3cc(Cl)ccc3o2)cc1OC.[O-][Cl+3]([O-])([O-])[O-]. The van der Waals surface area contributed by atoms with Crippen LogP contribution in [0, 0.1) is 10.2 Å². The maximum atomic E-state index is 8.49. The molecule has 0 bridgehead atoms. The van der Waals surface area contributed by atoms with Crippen LogP contribution in [0.4, 0.5) is 0 Å². The summed E-state index contributed by atoms with van der Waals surface area (Å²) in [6, 6.07) is 16.9. The molecule has 4 aromatic rings. The number of furan rings is 1. The maximum Gasteiger partial charge on any atom is 0.213 e. The van der Waals surface area contributed by atoms with Crippen molar-refractivity contribution in [1.82, 2.24) is 0 Å². The summed E-state index contributed by atoms with van der Waals surface area (Å²) >= 11 is 6.20. The van der Waals surface area contributed by atoms with Crippen molar-refractivity contribution in [1.29, 1.82) is 0 Å². The second kappa shape index (κ2) is 10.7. The van der Waals surface area contributed by atoms with Gasteiger partial charge in [0.05, 0.1) is 31.9 Å². The summed E-state index contributed by atoms with van der Waals surface area (Å²) in [6.07, 6.45) is 1.65. The topological polar surface area (TPSA) is 151 Å². The van der Waals surface area contributed by atoms with E-state index in [-0.39, 0.29) is 0 Å². The number of benzene rings is 2. The fraction of sp³-hybridized carbons (Fsp3) is 0.136. The van der Waals surface area contributed by atoms with Crippen molar-refractivity contribution in [2.24, 2.45) is 0 Å². The zero-order valence-electron chi connectivity index (χ0n) is 17.5. The lowest BCUT2D eigenvalue weighted by Crippen LogP contribution is -2.75. The molecule has 0 aliphatic heterocycles. The molecular formula is C22H19Cl2NO8. The molecule has 0 amide bonds. The third-order valence-corrected chi connectivity index (χ3v) is 4.66. The van der Waals surface area contributed by atoms with Crippen LogP contribution in [-0.2, 0) is 6.54 Å². The van der Waals surface area contributed by atoms with Crippen molar-refractivity contribution in [3.8, 4) is 22.8 Å².